The molecule has 168 valence electrons. The number of primary amides is 1. The Kier molecular flexibility index (Phi) is 6.03. The maximum atomic E-state index is 11.8. The molecule has 1 aliphatic rings. The Morgan fingerprint density at radius 1 is 1.09 bits per heavy atom. The third-order valence-electron chi connectivity index (χ3n) is 5.80. The number of rotatable bonds is 5. The van der Waals surface area contributed by atoms with Crippen LogP contribution in [0.5, 0.6) is 0 Å². The van der Waals surface area contributed by atoms with Gasteiger partial charge in [0.25, 0.3) is 0 Å². The van der Waals surface area contributed by atoms with Crippen molar-refractivity contribution in [1.29, 1.82) is 0 Å². The molecule has 1 aromatic heterocycles. The van der Waals surface area contributed by atoms with Crippen molar-refractivity contribution in [2.24, 2.45) is 5.73 Å². The smallest absolute Gasteiger partial charge is 0.338 e. The van der Waals surface area contributed by atoms with Crippen LogP contribution in [0, 0.1) is 0 Å². The van der Waals surface area contributed by atoms with E-state index in [-0.39, 0.29) is 10.8 Å². The largest absolute Gasteiger partial charge is 0.440 e. The van der Waals surface area contributed by atoms with E-state index < -0.39 is 21.9 Å². The van der Waals surface area contributed by atoms with Crippen LogP contribution >= 0.6 is 0 Å². The molecule has 3 aromatic rings. The summed E-state index contributed by atoms with van der Waals surface area (Å²) in [5.74, 6) is 0.979. The zero-order chi connectivity index (χ0) is 22.9. The minimum atomic E-state index is -3.31. The third kappa shape index (κ3) is 4.53. The lowest BCUT2D eigenvalue weighted by atomic mass is 9.85. The molecule has 9 heteroatoms. The van der Waals surface area contributed by atoms with E-state index in [1.54, 1.807) is 24.3 Å². The van der Waals surface area contributed by atoms with Crippen molar-refractivity contribution in [3.8, 4) is 22.6 Å². The number of sulfone groups is 1. The van der Waals surface area contributed by atoms with Gasteiger partial charge in [0.2, 0.25) is 0 Å². The lowest BCUT2D eigenvalue weighted by Crippen LogP contribution is -2.43. The first-order valence-electron chi connectivity index (χ1n) is 10.4. The van der Waals surface area contributed by atoms with Crippen LogP contribution in [0.1, 0.15) is 37.5 Å². The average molecular weight is 456 g/mol. The molecule has 1 saturated carbocycles. The van der Waals surface area contributed by atoms with Crippen LogP contribution in [0.15, 0.2) is 63.9 Å². The van der Waals surface area contributed by atoms with E-state index in [4.69, 9.17) is 15.1 Å². The van der Waals surface area contributed by atoms with Crippen LogP contribution in [0.2, 0.25) is 0 Å². The molecule has 1 aliphatic carbocycles. The number of nitrogens with zero attached hydrogens (tertiary/aromatic N) is 2. The van der Waals surface area contributed by atoms with Gasteiger partial charge in [-0.15, -0.1) is 0 Å². The van der Waals surface area contributed by atoms with Gasteiger partial charge in [0.15, 0.2) is 21.5 Å². The normalized spacial score (nSPS) is 18.9. The van der Waals surface area contributed by atoms with Gasteiger partial charge in [-0.25, -0.2) is 23.3 Å². The fraction of sp³-hybridized carbons (Fsp3) is 0.304. The highest BCUT2D eigenvalue weighted by Crippen LogP contribution is 2.40. The molecule has 1 fully saturated rings. The van der Waals surface area contributed by atoms with Crippen molar-refractivity contribution < 1.29 is 22.8 Å². The summed E-state index contributed by atoms with van der Waals surface area (Å²) in [5.41, 5.74) is 7.47. The Balaban J connectivity index is 1.73. The maximum Gasteiger partial charge on any atom is 0.338 e. The number of aromatic nitrogens is 1. The first-order chi connectivity index (χ1) is 15.2. The topological polar surface area (TPSA) is 127 Å². The van der Waals surface area contributed by atoms with Gasteiger partial charge in [-0.1, -0.05) is 36.8 Å². The van der Waals surface area contributed by atoms with Crippen LogP contribution in [0.3, 0.4) is 0 Å². The Bertz CT molecular complexity index is 1210. The van der Waals surface area contributed by atoms with Gasteiger partial charge in [-0.05, 0) is 43.5 Å². The SMILES string of the molecule is CS(=O)(=O)c1ccc(-c2oc(C3CCCC(N(O)C(N)=O)C3)nc2-c2ccccc2)cc1. The number of carbonyl (C=O) groups is 1. The first kappa shape index (κ1) is 22.0. The summed E-state index contributed by atoms with van der Waals surface area (Å²) in [6.07, 6.45) is 3.91. The van der Waals surface area contributed by atoms with Crippen molar-refractivity contribution in [2.75, 3.05) is 6.26 Å². The predicted molar refractivity (Wildman–Crippen MR) is 119 cm³/mol. The van der Waals surface area contributed by atoms with E-state index in [1.807, 2.05) is 30.3 Å². The number of benzene rings is 2. The highest BCUT2D eigenvalue weighted by molar-refractivity contribution is 7.90. The Morgan fingerprint density at radius 2 is 1.78 bits per heavy atom. The summed E-state index contributed by atoms with van der Waals surface area (Å²) in [6, 6.07) is 14.8. The van der Waals surface area contributed by atoms with E-state index in [0.717, 1.165) is 18.4 Å². The Morgan fingerprint density at radius 3 is 2.41 bits per heavy atom. The lowest BCUT2D eigenvalue weighted by molar-refractivity contribution is -0.0865. The van der Waals surface area contributed by atoms with E-state index in [9.17, 15) is 18.4 Å². The van der Waals surface area contributed by atoms with Gasteiger partial charge in [0, 0.05) is 23.3 Å². The van der Waals surface area contributed by atoms with E-state index in [0.29, 0.717) is 40.8 Å². The van der Waals surface area contributed by atoms with E-state index in [1.165, 1.54) is 6.26 Å². The highest BCUT2D eigenvalue weighted by Gasteiger charge is 2.32. The molecule has 8 nitrogen and oxygen atoms in total. The summed E-state index contributed by atoms with van der Waals surface area (Å²) in [7, 11) is -3.31. The maximum absolute atomic E-state index is 11.8. The second kappa shape index (κ2) is 8.76. The summed E-state index contributed by atoms with van der Waals surface area (Å²) in [6.45, 7) is 0. The molecule has 2 aromatic carbocycles. The molecule has 4 rings (SSSR count). The van der Waals surface area contributed by atoms with Crippen LogP contribution in [-0.4, -0.2) is 42.0 Å². The summed E-state index contributed by atoms with van der Waals surface area (Å²) >= 11 is 0. The molecule has 2 unspecified atom stereocenters. The number of hydroxylamine groups is 2. The monoisotopic (exact) mass is 455 g/mol. The molecular weight excluding hydrogens is 430 g/mol. The molecule has 2 atom stereocenters. The molecule has 3 N–H and O–H groups in total. The minimum absolute atomic E-state index is 0.0887. The number of oxazole rings is 1. The lowest BCUT2D eigenvalue weighted by Gasteiger charge is -2.31. The minimum Gasteiger partial charge on any atom is -0.440 e. The van der Waals surface area contributed by atoms with Gasteiger partial charge in [0.1, 0.15) is 5.69 Å². The van der Waals surface area contributed by atoms with E-state index >= 15 is 0 Å². The van der Waals surface area contributed by atoms with Crippen LogP contribution < -0.4 is 5.73 Å². The van der Waals surface area contributed by atoms with Gasteiger partial charge < -0.3 is 10.2 Å². The third-order valence-corrected chi connectivity index (χ3v) is 6.93. The van der Waals surface area contributed by atoms with Crippen molar-refractivity contribution in [1.82, 2.24) is 10.0 Å². The predicted octanol–water partition coefficient (Wildman–Crippen LogP) is 4.21. The van der Waals surface area contributed by atoms with Gasteiger partial charge in [-0.3, -0.25) is 5.21 Å². The molecule has 0 saturated heterocycles. The fourth-order valence-corrected chi connectivity index (χ4v) is 4.77. The molecule has 0 spiro atoms. The number of nitrogens with two attached hydrogens (primary N) is 1. The highest BCUT2D eigenvalue weighted by atomic mass is 32.2. The summed E-state index contributed by atoms with van der Waals surface area (Å²) in [4.78, 5) is 16.4. The van der Waals surface area contributed by atoms with E-state index in [2.05, 4.69) is 0 Å². The van der Waals surface area contributed by atoms with Crippen molar-refractivity contribution in [3.63, 3.8) is 0 Å². The van der Waals surface area contributed by atoms with Gasteiger partial charge in [-0.2, -0.15) is 0 Å². The van der Waals surface area contributed by atoms with Crippen molar-refractivity contribution >= 4 is 15.9 Å². The zero-order valence-corrected chi connectivity index (χ0v) is 18.5. The Labute approximate surface area is 186 Å². The molecule has 2 amide bonds. The Hall–Kier alpha value is -3.17. The van der Waals surface area contributed by atoms with Crippen LogP contribution in [0.25, 0.3) is 22.6 Å². The fourth-order valence-electron chi connectivity index (χ4n) is 4.14. The molecular formula is C23H25N3O5S. The standard InChI is InChI=1S/C23H25N3O5S/c1-32(29,30)19-12-10-16(11-13-19)21-20(15-6-3-2-4-7-15)25-22(31-21)17-8-5-9-18(14-17)26(28)23(24)27/h2-4,6-7,10-13,17-18,28H,5,8-9,14H2,1H3,(H2,24,27). The molecule has 32 heavy (non-hydrogen) atoms. The second-order valence-corrected chi connectivity index (χ2v) is 10.1. The second-order valence-electron chi connectivity index (χ2n) is 8.09. The quantitative estimate of drug-likeness (QED) is 0.438. The number of amides is 2. The van der Waals surface area contributed by atoms with Gasteiger partial charge in [0.05, 0.1) is 10.9 Å². The molecule has 0 aliphatic heterocycles. The number of urea groups is 1. The van der Waals surface area contributed by atoms with Crippen LogP contribution in [0.4, 0.5) is 4.79 Å². The average Bonchev–Trinajstić information content (AvgIpc) is 3.24. The summed E-state index contributed by atoms with van der Waals surface area (Å²) in [5, 5.41) is 10.6. The first-order valence-corrected chi connectivity index (χ1v) is 12.3. The number of hydrogen-bond donors (Lipinski definition) is 2. The summed E-state index contributed by atoms with van der Waals surface area (Å²) < 4.78 is 29.9. The molecule has 0 bridgehead atoms. The number of hydrogen-bond acceptors (Lipinski definition) is 6. The molecule has 0 radical (unpaired) electrons. The zero-order valence-electron chi connectivity index (χ0n) is 17.6. The van der Waals surface area contributed by atoms with Gasteiger partial charge >= 0.3 is 6.03 Å². The van der Waals surface area contributed by atoms with Crippen molar-refractivity contribution in [3.05, 3.63) is 60.5 Å². The number of carbonyl (C=O) groups excluding carboxylic acids is 1. The van der Waals surface area contributed by atoms with Crippen LogP contribution in [-0.2, 0) is 9.84 Å². The van der Waals surface area contributed by atoms with Crippen molar-refractivity contribution in [2.45, 2.75) is 42.5 Å². The molecule has 1 heterocycles.